The fourth-order valence-corrected chi connectivity index (χ4v) is 3.44. The predicted molar refractivity (Wildman–Crippen MR) is 112 cm³/mol. The number of nitrogens with one attached hydrogen (secondary N) is 2. The molecule has 29 heavy (non-hydrogen) atoms. The number of ether oxygens (including phenoxy) is 2. The summed E-state index contributed by atoms with van der Waals surface area (Å²) in [7, 11) is 0. The molecule has 144 valence electrons. The zero-order chi connectivity index (χ0) is 20.0. The Labute approximate surface area is 167 Å². The van der Waals surface area contributed by atoms with Gasteiger partial charge in [0.25, 0.3) is 5.91 Å². The van der Waals surface area contributed by atoms with Gasteiger partial charge >= 0.3 is 0 Å². The molecule has 2 N–H and O–H groups in total. The van der Waals surface area contributed by atoms with Crippen molar-refractivity contribution in [3.63, 3.8) is 0 Å². The third kappa shape index (κ3) is 3.18. The summed E-state index contributed by atoms with van der Waals surface area (Å²) in [6, 6.07) is 17.1. The highest BCUT2D eigenvalue weighted by molar-refractivity contribution is 6.05. The molecule has 4 aromatic rings. The van der Waals surface area contributed by atoms with Crippen molar-refractivity contribution in [1.29, 1.82) is 0 Å². The van der Waals surface area contributed by atoms with Crippen molar-refractivity contribution in [2.24, 2.45) is 0 Å². The average molecular weight is 385 g/mol. The van der Waals surface area contributed by atoms with Gasteiger partial charge < -0.3 is 19.8 Å². The molecule has 1 aliphatic heterocycles. The summed E-state index contributed by atoms with van der Waals surface area (Å²) in [6.45, 7) is 4.25. The molecule has 0 aliphatic carbocycles. The van der Waals surface area contributed by atoms with Gasteiger partial charge in [-0.25, -0.2) is 4.98 Å². The van der Waals surface area contributed by atoms with Crippen LogP contribution >= 0.6 is 0 Å². The number of anilines is 1. The van der Waals surface area contributed by atoms with Crippen LogP contribution in [0.15, 0.2) is 54.6 Å². The first kappa shape index (κ1) is 17.3. The number of carbonyl (C=O) groups is 1. The van der Waals surface area contributed by atoms with Crippen LogP contribution in [-0.4, -0.2) is 22.7 Å². The molecule has 1 aliphatic rings. The number of aromatic nitrogens is 2. The van der Waals surface area contributed by atoms with Crippen LogP contribution in [0.3, 0.4) is 0 Å². The Balaban J connectivity index is 1.45. The fraction of sp³-hybridized carbons (Fsp3) is 0.130. The summed E-state index contributed by atoms with van der Waals surface area (Å²) in [5.41, 5.74) is 6.30. The molecule has 0 fully saturated rings. The number of hydrogen-bond donors (Lipinski definition) is 2. The fourth-order valence-electron chi connectivity index (χ4n) is 3.44. The summed E-state index contributed by atoms with van der Waals surface area (Å²) in [5.74, 6) is 1.81. The third-order valence-electron chi connectivity index (χ3n) is 5.02. The molecule has 6 nitrogen and oxygen atoms in total. The molecule has 5 rings (SSSR count). The van der Waals surface area contributed by atoms with Crippen molar-refractivity contribution in [1.82, 2.24) is 9.97 Å². The van der Waals surface area contributed by atoms with Gasteiger partial charge in [0, 0.05) is 16.8 Å². The molecule has 0 saturated carbocycles. The topological polar surface area (TPSA) is 76.2 Å². The number of nitrogens with zero attached hydrogens (tertiary/aromatic N) is 1. The summed E-state index contributed by atoms with van der Waals surface area (Å²) in [5, 5.41) is 2.95. The molecule has 3 aromatic carbocycles. The molecule has 2 heterocycles. The highest BCUT2D eigenvalue weighted by atomic mass is 16.7. The number of H-pyrrole nitrogens is 1. The molecule has 0 atom stereocenters. The Bertz CT molecular complexity index is 1260. The van der Waals surface area contributed by atoms with E-state index < -0.39 is 0 Å². The van der Waals surface area contributed by atoms with Crippen LogP contribution < -0.4 is 14.8 Å². The summed E-state index contributed by atoms with van der Waals surface area (Å²) in [4.78, 5) is 20.8. The van der Waals surface area contributed by atoms with Crippen molar-refractivity contribution in [2.75, 3.05) is 12.1 Å². The number of aryl methyl sites for hydroxylation is 2. The molecule has 0 bridgehead atoms. The minimum absolute atomic E-state index is 0.179. The molecule has 1 amide bonds. The number of imidazole rings is 1. The minimum atomic E-state index is -0.210. The van der Waals surface area contributed by atoms with E-state index in [1.54, 1.807) is 18.2 Å². The molecule has 0 saturated heterocycles. The number of carbonyl (C=O) groups excluding carboxylic acids is 1. The Morgan fingerprint density at radius 2 is 1.86 bits per heavy atom. The van der Waals surface area contributed by atoms with Gasteiger partial charge in [-0.3, -0.25) is 4.79 Å². The van der Waals surface area contributed by atoms with Gasteiger partial charge in [0.2, 0.25) is 6.79 Å². The third-order valence-corrected chi connectivity index (χ3v) is 5.02. The average Bonchev–Trinajstić information content (AvgIpc) is 3.34. The Morgan fingerprint density at radius 3 is 2.76 bits per heavy atom. The maximum atomic E-state index is 12.7. The van der Waals surface area contributed by atoms with Gasteiger partial charge in [0.1, 0.15) is 5.82 Å². The second-order valence-electron chi connectivity index (χ2n) is 7.16. The van der Waals surface area contributed by atoms with E-state index >= 15 is 0 Å². The van der Waals surface area contributed by atoms with Gasteiger partial charge in [-0.1, -0.05) is 12.1 Å². The van der Waals surface area contributed by atoms with Crippen molar-refractivity contribution < 1.29 is 14.3 Å². The van der Waals surface area contributed by atoms with E-state index in [1.807, 2.05) is 38.1 Å². The van der Waals surface area contributed by atoms with Crippen LogP contribution in [0.5, 0.6) is 11.5 Å². The second kappa shape index (κ2) is 6.67. The van der Waals surface area contributed by atoms with E-state index in [2.05, 4.69) is 22.4 Å². The first-order valence-corrected chi connectivity index (χ1v) is 9.35. The molecule has 0 spiro atoms. The van der Waals surface area contributed by atoms with Gasteiger partial charge in [-0.2, -0.15) is 0 Å². The zero-order valence-electron chi connectivity index (χ0n) is 16.1. The van der Waals surface area contributed by atoms with E-state index in [4.69, 9.17) is 14.5 Å². The maximum absolute atomic E-state index is 12.7. The normalized spacial score (nSPS) is 12.3. The molecular weight excluding hydrogens is 366 g/mol. The van der Waals surface area contributed by atoms with Gasteiger partial charge in [-0.15, -0.1) is 0 Å². The van der Waals surface area contributed by atoms with E-state index in [1.165, 1.54) is 0 Å². The predicted octanol–water partition coefficient (Wildman–Crippen LogP) is 4.83. The van der Waals surface area contributed by atoms with Crippen LogP contribution in [0.2, 0.25) is 0 Å². The molecular formula is C23H19N3O3. The largest absolute Gasteiger partial charge is 0.454 e. The van der Waals surface area contributed by atoms with Crippen LogP contribution in [0.4, 0.5) is 5.69 Å². The maximum Gasteiger partial charge on any atom is 0.255 e. The van der Waals surface area contributed by atoms with E-state index in [-0.39, 0.29) is 12.7 Å². The van der Waals surface area contributed by atoms with Crippen LogP contribution in [-0.2, 0) is 0 Å². The summed E-state index contributed by atoms with van der Waals surface area (Å²) in [6.07, 6.45) is 0. The molecule has 6 heteroatoms. The summed E-state index contributed by atoms with van der Waals surface area (Å²) < 4.78 is 10.7. The minimum Gasteiger partial charge on any atom is -0.454 e. The van der Waals surface area contributed by atoms with E-state index in [0.717, 1.165) is 33.5 Å². The SMILES string of the molecule is Cc1ccc2[nH]c(-c3cc(NC(=O)c4ccc5c(c4)OCO5)ccc3C)nc2c1. The first-order chi connectivity index (χ1) is 14.1. The number of rotatable bonds is 3. The van der Waals surface area contributed by atoms with Gasteiger partial charge in [0.05, 0.1) is 11.0 Å². The number of fused-ring (bicyclic) bond motifs is 2. The Kier molecular flexibility index (Phi) is 3.98. The lowest BCUT2D eigenvalue weighted by molar-refractivity contribution is 0.102. The molecule has 1 aromatic heterocycles. The number of aromatic amines is 1. The lowest BCUT2D eigenvalue weighted by Gasteiger charge is -2.09. The smallest absolute Gasteiger partial charge is 0.255 e. The van der Waals surface area contributed by atoms with Crippen LogP contribution in [0, 0.1) is 13.8 Å². The van der Waals surface area contributed by atoms with Crippen molar-refractivity contribution in [3.8, 4) is 22.9 Å². The number of benzene rings is 3. The van der Waals surface area contributed by atoms with E-state index in [9.17, 15) is 4.79 Å². The van der Waals surface area contributed by atoms with Crippen LogP contribution in [0.25, 0.3) is 22.4 Å². The summed E-state index contributed by atoms with van der Waals surface area (Å²) >= 11 is 0. The number of amides is 1. The Morgan fingerprint density at radius 1 is 1.00 bits per heavy atom. The molecule has 0 unspecified atom stereocenters. The monoisotopic (exact) mass is 385 g/mol. The van der Waals surface area contributed by atoms with Crippen molar-refractivity contribution in [3.05, 3.63) is 71.3 Å². The molecule has 0 radical (unpaired) electrons. The first-order valence-electron chi connectivity index (χ1n) is 9.35. The van der Waals surface area contributed by atoms with Crippen molar-refractivity contribution in [2.45, 2.75) is 13.8 Å². The zero-order valence-corrected chi connectivity index (χ0v) is 16.1. The Hall–Kier alpha value is -3.80. The standard InChI is InChI=1S/C23H19N3O3/c1-13-3-7-18-19(9-13)26-22(25-18)17-11-16(6-4-14(17)2)24-23(27)15-5-8-20-21(10-15)29-12-28-20/h3-11H,12H2,1-2H3,(H,24,27)(H,25,26). The number of hydrogen-bond acceptors (Lipinski definition) is 4. The highest BCUT2D eigenvalue weighted by Gasteiger charge is 2.17. The van der Waals surface area contributed by atoms with Crippen LogP contribution in [0.1, 0.15) is 21.5 Å². The lowest BCUT2D eigenvalue weighted by Crippen LogP contribution is -2.12. The van der Waals surface area contributed by atoms with Crippen molar-refractivity contribution >= 4 is 22.6 Å². The lowest BCUT2D eigenvalue weighted by atomic mass is 10.1. The highest BCUT2D eigenvalue weighted by Crippen LogP contribution is 2.33. The van der Waals surface area contributed by atoms with Gasteiger partial charge in [0.15, 0.2) is 11.5 Å². The quantitative estimate of drug-likeness (QED) is 0.530. The second-order valence-corrected chi connectivity index (χ2v) is 7.16. The van der Waals surface area contributed by atoms with Gasteiger partial charge in [-0.05, 0) is 67.4 Å². The van der Waals surface area contributed by atoms with E-state index in [0.29, 0.717) is 22.7 Å².